The van der Waals surface area contributed by atoms with E-state index in [0.29, 0.717) is 15.7 Å². The number of hydrogen-bond donors (Lipinski definition) is 2. The third kappa shape index (κ3) is 4.25. The molecule has 5 nitrogen and oxygen atoms in total. The van der Waals surface area contributed by atoms with E-state index < -0.39 is 17.5 Å². The van der Waals surface area contributed by atoms with Gasteiger partial charge in [0.05, 0.1) is 10.7 Å². The standard InChI is InChI=1S/C17H10Cl2F2N4O/c18-9-1-3-11(19)15(7-9)25-17-22-6-5-14(24-17)16(26)23-10-2-4-12(20)13(21)8-10/h1-8H,(H,23,26)(H,22,24,25). The molecule has 0 aliphatic heterocycles. The molecule has 1 amide bonds. The normalized spacial score (nSPS) is 10.5. The summed E-state index contributed by atoms with van der Waals surface area (Å²) in [5.74, 6) is -2.57. The maximum absolute atomic E-state index is 13.2. The van der Waals surface area contributed by atoms with Crippen LogP contribution in [0.4, 0.5) is 26.1 Å². The van der Waals surface area contributed by atoms with Gasteiger partial charge in [0.1, 0.15) is 5.69 Å². The molecule has 0 bridgehead atoms. The molecule has 26 heavy (non-hydrogen) atoms. The highest BCUT2D eigenvalue weighted by Gasteiger charge is 2.12. The lowest BCUT2D eigenvalue weighted by Crippen LogP contribution is -2.15. The number of nitrogens with zero attached hydrogens (tertiary/aromatic N) is 2. The number of benzene rings is 2. The first-order valence-corrected chi connectivity index (χ1v) is 7.99. The monoisotopic (exact) mass is 394 g/mol. The quantitative estimate of drug-likeness (QED) is 0.648. The summed E-state index contributed by atoms with van der Waals surface area (Å²) in [5.41, 5.74) is 0.586. The zero-order chi connectivity index (χ0) is 18.7. The zero-order valence-corrected chi connectivity index (χ0v) is 14.4. The van der Waals surface area contributed by atoms with Crippen molar-refractivity contribution in [1.82, 2.24) is 9.97 Å². The van der Waals surface area contributed by atoms with Gasteiger partial charge in [-0.05, 0) is 36.4 Å². The van der Waals surface area contributed by atoms with E-state index in [9.17, 15) is 13.6 Å². The van der Waals surface area contributed by atoms with Gasteiger partial charge in [-0.2, -0.15) is 0 Å². The Morgan fingerprint density at radius 2 is 1.81 bits per heavy atom. The van der Waals surface area contributed by atoms with Crippen LogP contribution < -0.4 is 10.6 Å². The molecule has 1 heterocycles. The molecular formula is C17H10Cl2F2N4O. The van der Waals surface area contributed by atoms with Crippen molar-refractivity contribution >= 4 is 46.4 Å². The summed E-state index contributed by atoms with van der Waals surface area (Å²) in [5, 5.41) is 6.15. The van der Waals surface area contributed by atoms with E-state index in [-0.39, 0.29) is 17.3 Å². The second-order valence-corrected chi connectivity index (χ2v) is 5.94. The van der Waals surface area contributed by atoms with E-state index in [4.69, 9.17) is 23.2 Å². The SMILES string of the molecule is O=C(Nc1ccc(F)c(F)c1)c1ccnc(Nc2cc(Cl)ccc2Cl)n1. The van der Waals surface area contributed by atoms with Gasteiger partial charge in [-0.25, -0.2) is 18.7 Å². The number of rotatable bonds is 4. The molecule has 0 atom stereocenters. The van der Waals surface area contributed by atoms with Gasteiger partial charge in [-0.1, -0.05) is 23.2 Å². The summed E-state index contributed by atoms with van der Waals surface area (Å²) in [7, 11) is 0. The van der Waals surface area contributed by atoms with Crippen LogP contribution in [0.5, 0.6) is 0 Å². The fourth-order valence-corrected chi connectivity index (χ4v) is 2.37. The van der Waals surface area contributed by atoms with E-state index in [0.717, 1.165) is 12.1 Å². The van der Waals surface area contributed by atoms with E-state index in [1.54, 1.807) is 18.2 Å². The number of anilines is 3. The van der Waals surface area contributed by atoms with Crippen LogP contribution in [0.2, 0.25) is 10.0 Å². The molecule has 0 saturated heterocycles. The number of halogens is 4. The molecule has 2 aromatic carbocycles. The molecule has 0 radical (unpaired) electrons. The third-order valence-electron chi connectivity index (χ3n) is 3.24. The van der Waals surface area contributed by atoms with Gasteiger partial charge >= 0.3 is 0 Å². The molecule has 9 heteroatoms. The molecule has 0 spiro atoms. The van der Waals surface area contributed by atoms with Crippen LogP contribution in [0.15, 0.2) is 48.7 Å². The first kappa shape index (κ1) is 18.0. The third-order valence-corrected chi connectivity index (χ3v) is 3.81. The van der Waals surface area contributed by atoms with Crippen molar-refractivity contribution in [3.05, 3.63) is 76.0 Å². The average molecular weight is 395 g/mol. The topological polar surface area (TPSA) is 66.9 Å². The molecular weight excluding hydrogens is 385 g/mol. The van der Waals surface area contributed by atoms with Crippen molar-refractivity contribution in [2.45, 2.75) is 0 Å². The molecule has 0 aliphatic rings. The maximum Gasteiger partial charge on any atom is 0.274 e. The fraction of sp³-hybridized carbons (Fsp3) is 0. The minimum atomic E-state index is -1.07. The van der Waals surface area contributed by atoms with Crippen LogP contribution in [-0.4, -0.2) is 15.9 Å². The maximum atomic E-state index is 13.2. The Morgan fingerprint density at radius 3 is 2.58 bits per heavy atom. The minimum absolute atomic E-state index is 0.0189. The van der Waals surface area contributed by atoms with Crippen LogP contribution in [0, 0.1) is 11.6 Å². The van der Waals surface area contributed by atoms with Crippen LogP contribution >= 0.6 is 23.2 Å². The molecule has 0 fully saturated rings. The molecule has 3 aromatic rings. The number of aromatic nitrogens is 2. The van der Waals surface area contributed by atoms with Crippen molar-refractivity contribution in [1.29, 1.82) is 0 Å². The first-order chi connectivity index (χ1) is 12.4. The second-order valence-electron chi connectivity index (χ2n) is 5.10. The minimum Gasteiger partial charge on any atom is -0.323 e. The Labute approximate surface area is 157 Å². The molecule has 0 unspecified atom stereocenters. The Balaban J connectivity index is 1.78. The number of amides is 1. The van der Waals surface area contributed by atoms with Gasteiger partial charge in [0.2, 0.25) is 5.95 Å². The van der Waals surface area contributed by atoms with Gasteiger partial charge in [-0.3, -0.25) is 4.79 Å². The van der Waals surface area contributed by atoms with Gasteiger partial charge in [0.25, 0.3) is 5.91 Å². The highest BCUT2D eigenvalue weighted by atomic mass is 35.5. The molecule has 2 N–H and O–H groups in total. The Bertz CT molecular complexity index is 985. The van der Waals surface area contributed by atoms with Crippen LogP contribution in [-0.2, 0) is 0 Å². The molecule has 0 saturated carbocycles. The van der Waals surface area contributed by atoms with Gasteiger partial charge in [0, 0.05) is 23.0 Å². The van der Waals surface area contributed by atoms with Crippen molar-refractivity contribution in [2.24, 2.45) is 0 Å². The van der Waals surface area contributed by atoms with Crippen molar-refractivity contribution in [3.63, 3.8) is 0 Å². The molecule has 3 rings (SSSR count). The number of hydrogen-bond acceptors (Lipinski definition) is 4. The van der Waals surface area contributed by atoms with Gasteiger partial charge < -0.3 is 10.6 Å². The Hall–Kier alpha value is -2.77. The largest absolute Gasteiger partial charge is 0.323 e. The van der Waals surface area contributed by atoms with E-state index in [2.05, 4.69) is 20.6 Å². The number of carbonyl (C=O) groups excluding carboxylic acids is 1. The molecule has 1 aromatic heterocycles. The summed E-state index contributed by atoms with van der Waals surface area (Å²) < 4.78 is 26.2. The van der Waals surface area contributed by atoms with Gasteiger partial charge in [-0.15, -0.1) is 0 Å². The summed E-state index contributed by atoms with van der Waals surface area (Å²) in [6.45, 7) is 0. The average Bonchev–Trinajstić information content (AvgIpc) is 2.61. The van der Waals surface area contributed by atoms with Crippen molar-refractivity contribution < 1.29 is 13.6 Å². The van der Waals surface area contributed by atoms with E-state index >= 15 is 0 Å². The van der Waals surface area contributed by atoms with Crippen LogP contribution in [0.25, 0.3) is 0 Å². The zero-order valence-electron chi connectivity index (χ0n) is 12.9. The lowest BCUT2D eigenvalue weighted by atomic mass is 10.3. The Kier molecular flexibility index (Phi) is 5.29. The molecule has 132 valence electrons. The second kappa shape index (κ2) is 7.63. The predicted molar refractivity (Wildman–Crippen MR) is 96.1 cm³/mol. The van der Waals surface area contributed by atoms with Crippen molar-refractivity contribution in [3.8, 4) is 0 Å². The highest BCUT2D eigenvalue weighted by molar-refractivity contribution is 6.35. The predicted octanol–water partition coefficient (Wildman–Crippen LogP) is 5.06. The summed E-state index contributed by atoms with van der Waals surface area (Å²) >= 11 is 12.0. The smallest absolute Gasteiger partial charge is 0.274 e. The number of carbonyl (C=O) groups is 1. The van der Waals surface area contributed by atoms with E-state index in [1.807, 2.05) is 0 Å². The molecule has 0 aliphatic carbocycles. The summed E-state index contributed by atoms with van der Waals surface area (Å²) in [6, 6.07) is 9.22. The van der Waals surface area contributed by atoms with Gasteiger partial charge in [0.15, 0.2) is 11.6 Å². The fourth-order valence-electron chi connectivity index (χ4n) is 2.03. The highest BCUT2D eigenvalue weighted by Crippen LogP contribution is 2.27. The van der Waals surface area contributed by atoms with Crippen LogP contribution in [0.1, 0.15) is 10.5 Å². The lowest BCUT2D eigenvalue weighted by Gasteiger charge is -2.09. The number of nitrogens with one attached hydrogen (secondary N) is 2. The van der Waals surface area contributed by atoms with Crippen LogP contribution in [0.3, 0.4) is 0 Å². The van der Waals surface area contributed by atoms with E-state index in [1.165, 1.54) is 18.3 Å². The Morgan fingerprint density at radius 1 is 1.00 bits per heavy atom. The summed E-state index contributed by atoms with van der Waals surface area (Å²) in [6.07, 6.45) is 1.37. The first-order valence-electron chi connectivity index (χ1n) is 7.24. The lowest BCUT2D eigenvalue weighted by molar-refractivity contribution is 0.102. The summed E-state index contributed by atoms with van der Waals surface area (Å²) in [4.78, 5) is 20.3. The van der Waals surface area contributed by atoms with Crippen molar-refractivity contribution in [2.75, 3.05) is 10.6 Å².